The van der Waals surface area contributed by atoms with Crippen molar-refractivity contribution in [1.29, 1.82) is 5.26 Å². The van der Waals surface area contributed by atoms with E-state index in [1.807, 2.05) is 38.1 Å². The molecule has 0 spiro atoms. The lowest BCUT2D eigenvalue weighted by atomic mass is 9.81. The molecule has 0 radical (unpaired) electrons. The van der Waals surface area contributed by atoms with Crippen LogP contribution >= 0.6 is 0 Å². The first-order chi connectivity index (χ1) is 24.8. The number of fused-ring (bicyclic) bond motifs is 1. The van der Waals surface area contributed by atoms with Gasteiger partial charge in [0.05, 0.1) is 66.9 Å². The summed E-state index contributed by atoms with van der Waals surface area (Å²) in [6.07, 6.45) is 1.61. The van der Waals surface area contributed by atoms with E-state index in [-0.39, 0.29) is 16.9 Å². The molecular weight excluding hydrogens is 667 g/mol. The third-order valence-corrected chi connectivity index (χ3v) is 12.3. The molecule has 276 valence electrons. The fourth-order valence-corrected chi connectivity index (χ4v) is 9.28. The van der Waals surface area contributed by atoms with Crippen LogP contribution in [0.4, 0.5) is 5.69 Å². The van der Waals surface area contributed by atoms with Gasteiger partial charge in [0.2, 0.25) is 0 Å². The first-order valence-corrected chi connectivity index (χ1v) is 19.5. The highest BCUT2D eigenvalue weighted by atomic mass is 32.2. The molecule has 0 aromatic heterocycles. The highest BCUT2D eigenvalue weighted by molar-refractivity contribution is 7.92. The van der Waals surface area contributed by atoms with Gasteiger partial charge in [-0.1, -0.05) is 55.0 Å². The van der Waals surface area contributed by atoms with Crippen LogP contribution in [-0.2, 0) is 42.0 Å². The average molecular weight is 720 g/mol. The maximum Gasteiger partial charge on any atom is 0.184 e. The van der Waals surface area contributed by atoms with Crippen molar-refractivity contribution in [3.8, 4) is 11.8 Å². The summed E-state index contributed by atoms with van der Waals surface area (Å²) in [6, 6.07) is 23.3. The van der Waals surface area contributed by atoms with Crippen molar-refractivity contribution in [2.24, 2.45) is 5.92 Å². The number of anilines is 1. The summed E-state index contributed by atoms with van der Waals surface area (Å²) in [7, 11) is -0.467. The summed E-state index contributed by atoms with van der Waals surface area (Å²) in [5.41, 5.74) is 5.18. The molecule has 5 rings (SSSR count). The number of sulfone groups is 1. The molecule has 1 saturated heterocycles. The molecule has 10 nitrogen and oxygen atoms in total. The van der Waals surface area contributed by atoms with Crippen LogP contribution in [0.15, 0.2) is 71.6 Å². The Labute approximate surface area is 303 Å². The predicted molar refractivity (Wildman–Crippen MR) is 198 cm³/mol. The number of ether oxygens (including phenoxy) is 5. The van der Waals surface area contributed by atoms with Crippen LogP contribution in [0.1, 0.15) is 54.4 Å². The van der Waals surface area contributed by atoms with E-state index in [0.717, 1.165) is 53.2 Å². The molecule has 0 aliphatic carbocycles. The molecule has 5 atom stereocenters. The molecular formula is C40H53N3O7S. The van der Waals surface area contributed by atoms with Gasteiger partial charge in [0, 0.05) is 45.9 Å². The van der Waals surface area contributed by atoms with E-state index in [4.69, 9.17) is 23.7 Å². The highest BCUT2D eigenvalue weighted by Crippen LogP contribution is 2.38. The summed E-state index contributed by atoms with van der Waals surface area (Å²) in [5, 5.41) is 12.9. The first kappa shape index (κ1) is 38.7. The van der Waals surface area contributed by atoms with Gasteiger partial charge in [-0.3, -0.25) is 0 Å². The second kappa shape index (κ2) is 18.8. The van der Waals surface area contributed by atoms with Gasteiger partial charge in [-0.15, -0.1) is 0 Å². The Bertz CT molecular complexity index is 1680. The average Bonchev–Trinajstić information content (AvgIpc) is 3.15. The van der Waals surface area contributed by atoms with Gasteiger partial charge in [-0.05, 0) is 67.1 Å². The van der Waals surface area contributed by atoms with Crippen molar-refractivity contribution in [3.05, 3.63) is 89.0 Å². The zero-order valence-corrected chi connectivity index (χ0v) is 31.2. The second-order valence-corrected chi connectivity index (χ2v) is 15.5. The van der Waals surface area contributed by atoms with Crippen LogP contribution in [0.2, 0.25) is 0 Å². The fourth-order valence-electron chi connectivity index (χ4n) is 7.13. The molecule has 3 aromatic rings. The quantitative estimate of drug-likeness (QED) is 0.161. The van der Waals surface area contributed by atoms with Crippen LogP contribution < -0.4 is 15.0 Å². The number of benzene rings is 3. The van der Waals surface area contributed by atoms with Gasteiger partial charge in [0.25, 0.3) is 0 Å². The van der Waals surface area contributed by atoms with Crippen molar-refractivity contribution in [2.45, 2.75) is 74.5 Å². The lowest BCUT2D eigenvalue weighted by Crippen LogP contribution is -2.55. The summed E-state index contributed by atoms with van der Waals surface area (Å²) < 4.78 is 57.4. The molecule has 2 unspecified atom stereocenters. The predicted octanol–water partition coefficient (Wildman–Crippen LogP) is 5.82. The number of rotatable bonds is 18. The van der Waals surface area contributed by atoms with Crippen molar-refractivity contribution in [2.75, 3.05) is 65.2 Å². The zero-order valence-electron chi connectivity index (χ0n) is 30.4. The minimum absolute atomic E-state index is 0.113. The van der Waals surface area contributed by atoms with Gasteiger partial charge < -0.3 is 33.9 Å². The number of hydrogen-bond acceptors (Lipinski definition) is 10. The number of nitrogens with zero attached hydrogens (tertiary/aromatic N) is 2. The summed E-state index contributed by atoms with van der Waals surface area (Å²) in [6.45, 7) is 9.21. The minimum atomic E-state index is -3.84. The Hall–Kier alpha value is -3.50. The first-order valence-electron chi connectivity index (χ1n) is 18.0. The summed E-state index contributed by atoms with van der Waals surface area (Å²) in [4.78, 5) is 2.58. The maximum atomic E-state index is 14.3. The molecule has 0 saturated carbocycles. The Balaban J connectivity index is 1.40. The Morgan fingerprint density at radius 3 is 2.43 bits per heavy atom. The fraction of sp³-hybridized carbons (Fsp3) is 0.525. The van der Waals surface area contributed by atoms with Gasteiger partial charge in [0.1, 0.15) is 12.4 Å². The Kier molecular flexibility index (Phi) is 14.3. The molecule has 1 N–H and O–H groups in total. The summed E-state index contributed by atoms with van der Waals surface area (Å²) in [5.74, 6) is 0.0822. The summed E-state index contributed by atoms with van der Waals surface area (Å²) >= 11 is 0. The number of nitrogens with one attached hydrogen (secondary N) is 1. The van der Waals surface area contributed by atoms with Crippen LogP contribution in [0.5, 0.6) is 5.75 Å². The number of hydrogen-bond donors (Lipinski definition) is 1. The van der Waals surface area contributed by atoms with E-state index >= 15 is 0 Å². The molecule has 3 aromatic carbocycles. The van der Waals surface area contributed by atoms with E-state index in [0.29, 0.717) is 59.0 Å². The second-order valence-electron chi connectivity index (χ2n) is 13.4. The Morgan fingerprint density at radius 2 is 1.73 bits per heavy atom. The van der Waals surface area contributed by atoms with E-state index in [1.54, 1.807) is 26.4 Å². The van der Waals surface area contributed by atoms with Crippen molar-refractivity contribution in [1.82, 2.24) is 5.32 Å². The number of aryl methyl sites for hydroxylation is 1. The number of piperidine rings is 1. The maximum absolute atomic E-state index is 14.3. The molecule has 0 amide bonds. The molecule has 2 aliphatic rings. The minimum Gasteiger partial charge on any atom is -0.490 e. The molecule has 11 heteroatoms. The van der Waals surface area contributed by atoms with Crippen LogP contribution in [0.3, 0.4) is 0 Å². The topological polar surface area (TPSA) is 119 Å². The smallest absolute Gasteiger partial charge is 0.184 e. The van der Waals surface area contributed by atoms with Gasteiger partial charge >= 0.3 is 0 Å². The molecule has 2 heterocycles. The Morgan fingerprint density at radius 1 is 0.980 bits per heavy atom. The highest BCUT2D eigenvalue weighted by Gasteiger charge is 2.44. The van der Waals surface area contributed by atoms with E-state index < -0.39 is 27.0 Å². The third-order valence-electron chi connectivity index (χ3n) is 9.98. The standard InChI is InChI=1S/C40H53N3O7S/c1-5-32(25-41)40(51(44,45)34-14-7-29(2)8-15-34)36-24-35(33-12-9-30(10-13-33)27-48-22-21-47-4)39(26-42-36)50-28-31-11-16-38-37(23-31)43(18-20-49-38)17-6-19-46-3/h7-16,23,32,35-36,39-40,42H,5-6,17-22,24,26-28H2,1-4H3/t32?,35-,36+,39+,40?/m1/s1. The van der Waals surface area contributed by atoms with Crippen molar-refractivity contribution >= 4 is 15.5 Å². The molecule has 0 bridgehead atoms. The van der Waals surface area contributed by atoms with E-state index in [9.17, 15) is 13.7 Å². The number of nitriles is 1. The lowest BCUT2D eigenvalue weighted by molar-refractivity contribution is 0.00182. The number of methoxy groups -OCH3 is 2. The van der Waals surface area contributed by atoms with E-state index in [1.165, 1.54) is 0 Å². The van der Waals surface area contributed by atoms with Crippen LogP contribution in [0.25, 0.3) is 0 Å². The molecule has 2 aliphatic heterocycles. The normalized spacial score (nSPS) is 20.2. The van der Waals surface area contributed by atoms with Crippen molar-refractivity contribution in [3.63, 3.8) is 0 Å². The molecule has 51 heavy (non-hydrogen) atoms. The van der Waals surface area contributed by atoms with Gasteiger partial charge in [-0.25, -0.2) is 8.42 Å². The van der Waals surface area contributed by atoms with Crippen LogP contribution in [-0.4, -0.2) is 86.1 Å². The van der Waals surface area contributed by atoms with Gasteiger partial charge in [0.15, 0.2) is 9.84 Å². The largest absolute Gasteiger partial charge is 0.490 e. The van der Waals surface area contributed by atoms with Crippen molar-refractivity contribution < 1.29 is 32.1 Å². The SMILES string of the molecule is CCC(C#N)C([C@@H]1C[C@H](c2ccc(COCCOC)cc2)[C@@H](OCc2ccc3c(c2)N(CCCOC)CCO3)CN1)S(=O)(=O)c1ccc(C)cc1. The van der Waals surface area contributed by atoms with Gasteiger partial charge in [-0.2, -0.15) is 5.26 Å². The monoisotopic (exact) mass is 719 g/mol. The third kappa shape index (κ3) is 9.89. The van der Waals surface area contributed by atoms with Crippen LogP contribution in [0, 0.1) is 24.2 Å². The zero-order chi connectivity index (χ0) is 36.2. The van der Waals surface area contributed by atoms with E-state index in [2.05, 4.69) is 46.6 Å². The molecule has 1 fully saturated rings. The lowest BCUT2D eigenvalue weighted by Gasteiger charge is -2.41.